The van der Waals surface area contributed by atoms with Crippen molar-refractivity contribution in [1.82, 2.24) is 29.3 Å². The highest BCUT2D eigenvalue weighted by atomic mass is 16.2. The third-order valence-electron chi connectivity index (χ3n) is 8.08. The van der Waals surface area contributed by atoms with E-state index < -0.39 is 0 Å². The molecule has 1 N–H and O–H groups in total. The smallest absolute Gasteiger partial charge is 0.270 e. The molecule has 7 heteroatoms. The molecule has 0 unspecified atom stereocenters. The quantitative estimate of drug-likeness (QED) is 0.440. The molecule has 2 fully saturated rings. The lowest BCUT2D eigenvalue weighted by molar-refractivity contribution is 0.0639. The molecule has 3 aromatic heterocycles. The van der Waals surface area contributed by atoms with Crippen molar-refractivity contribution in [3.05, 3.63) is 58.7 Å². The Labute approximate surface area is 212 Å². The maximum absolute atomic E-state index is 13.3. The normalized spacial score (nSPS) is 17.6. The van der Waals surface area contributed by atoms with Crippen LogP contribution in [-0.4, -0.2) is 67.4 Å². The largest absolute Gasteiger partial charge is 0.351 e. The number of hydrogen-bond donors (Lipinski definition) is 1. The molecule has 0 spiro atoms. The summed E-state index contributed by atoms with van der Waals surface area (Å²) in [6.45, 7) is 11.1. The molecular formula is C29H36N6O. The van der Waals surface area contributed by atoms with E-state index in [1.807, 2.05) is 17.9 Å². The predicted octanol–water partition coefficient (Wildman–Crippen LogP) is 4.84. The van der Waals surface area contributed by atoms with E-state index >= 15 is 0 Å². The summed E-state index contributed by atoms with van der Waals surface area (Å²) >= 11 is 0. The molecule has 36 heavy (non-hydrogen) atoms. The summed E-state index contributed by atoms with van der Waals surface area (Å²) in [7, 11) is 0. The number of aryl methyl sites for hydroxylation is 3. The number of hydrogen-bond acceptors (Lipinski definition) is 4. The van der Waals surface area contributed by atoms with E-state index in [4.69, 9.17) is 9.97 Å². The second-order valence-electron chi connectivity index (χ2n) is 10.6. The van der Waals surface area contributed by atoms with E-state index in [0.29, 0.717) is 18.3 Å². The van der Waals surface area contributed by atoms with E-state index in [1.165, 1.54) is 37.1 Å². The molecule has 1 amide bonds. The van der Waals surface area contributed by atoms with Gasteiger partial charge in [0.1, 0.15) is 17.0 Å². The number of nitrogens with zero attached hydrogens (tertiary/aromatic N) is 5. The first-order valence-electron chi connectivity index (χ1n) is 13.5. The lowest BCUT2D eigenvalue weighted by atomic mass is 10.0. The Kier molecular flexibility index (Phi) is 6.04. The van der Waals surface area contributed by atoms with Crippen LogP contribution in [0.4, 0.5) is 0 Å². The van der Waals surface area contributed by atoms with Crippen LogP contribution < -0.4 is 0 Å². The van der Waals surface area contributed by atoms with Gasteiger partial charge in [-0.3, -0.25) is 4.79 Å². The van der Waals surface area contributed by atoms with Crippen LogP contribution in [0.1, 0.15) is 65.7 Å². The molecule has 4 aromatic rings. The molecule has 0 saturated carbocycles. The molecule has 7 nitrogen and oxygen atoms in total. The molecule has 0 radical (unpaired) electrons. The van der Waals surface area contributed by atoms with Crippen LogP contribution in [0.15, 0.2) is 30.3 Å². The van der Waals surface area contributed by atoms with Gasteiger partial charge in [-0.2, -0.15) is 0 Å². The fraction of sp³-hybridized carbons (Fsp3) is 0.483. The van der Waals surface area contributed by atoms with Gasteiger partial charge < -0.3 is 19.4 Å². The number of aromatic amines is 1. The molecule has 0 bridgehead atoms. The van der Waals surface area contributed by atoms with Gasteiger partial charge in [-0.15, -0.1) is 0 Å². The Morgan fingerprint density at radius 3 is 2.56 bits per heavy atom. The summed E-state index contributed by atoms with van der Waals surface area (Å²) < 4.78 is 2.24. The van der Waals surface area contributed by atoms with Gasteiger partial charge in [-0.25, -0.2) is 9.97 Å². The lowest BCUT2D eigenvalue weighted by Gasteiger charge is -2.36. The first-order chi connectivity index (χ1) is 17.5. The number of rotatable bonds is 5. The zero-order valence-electron chi connectivity index (χ0n) is 21.7. The molecular weight excluding hydrogens is 448 g/mol. The minimum absolute atomic E-state index is 0.122. The number of H-pyrrole nitrogens is 1. The molecule has 2 aliphatic heterocycles. The molecule has 2 saturated heterocycles. The Bertz CT molecular complexity index is 1420. The van der Waals surface area contributed by atoms with Gasteiger partial charge >= 0.3 is 0 Å². The zero-order chi connectivity index (χ0) is 24.8. The van der Waals surface area contributed by atoms with Gasteiger partial charge in [0.2, 0.25) is 0 Å². The van der Waals surface area contributed by atoms with Crippen LogP contribution in [0.25, 0.3) is 22.1 Å². The summed E-state index contributed by atoms with van der Waals surface area (Å²) in [5, 5.41) is 1.07. The van der Waals surface area contributed by atoms with Crippen molar-refractivity contribution in [2.75, 3.05) is 26.2 Å². The number of carbonyl (C=O) groups is 1. The fourth-order valence-electron chi connectivity index (χ4n) is 6.17. The second-order valence-corrected chi connectivity index (χ2v) is 10.6. The number of carbonyl (C=O) groups excluding carboxylic acids is 1. The van der Waals surface area contributed by atoms with E-state index in [-0.39, 0.29) is 5.91 Å². The van der Waals surface area contributed by atoms with Crippen LogP contribution in [0, 0.1) is 13.8 Å². The fourth-order valence-corrected chi connectivity index (χ4v) is 6.17. The Hall–Kier alpha value is -3.19. The van der Waals surface area contributed by atoms with Gasteiger partial charge in [0, 0.05) is 42.1 Å². The van der Waals surface area contributed by atoms with Crippen molar-refractivity contribution in [2.45, 2.75) is 65.5 Å². The van der Waals surface area contributed by atoms with Gasteiger partial charge in [-0.05, 0) is 88.0 Å². The summed E-state index contributed by atoms with van der Waals surface area (Å²) in [5.74, 6) is 1.17. The first-order valence-corrected chi connectivity index (χ1v) is 13.5. The highest BCUT2D eigenvalue weighted by Crippen LogP contribution is 2.25. The molecule has 6 rings (SSSR count). The number of piperidine rings is 1. The maximum atomic E-state index is 13.3. The number of fused-ring (bicyclic) bond motifs is 2. The molecule has 188 valence electrons. The van der Waals surface area contributed by atoms with Gasteiger partial charge in [0.05, 0.1) is 6.54 Å². The van der Waals surface area contributed by atoms with Crippen molar-refractivity contribution in [3.8, 4) is 0 Å². The molecule has 0 atom stereocenters. The van der Waals surface area contributed by atoms with Crippen molar-refractivity contribution < 1.29 is 4.79 Å². The third kappa shape index (κ3) is 4.19. The van der Waals surface area contributed by atoms with Gasteiger partial charge in [-0.1, -0.05) is 13.0 Å². The highest BCUT2D eigenvalue weighted by Gasteiger charge is 2.29. The lowest BCUT2D eigenvalue weighted by Crippen LogP contribution is -2.46. The average molecular weight is 485 g/mol. The predicted molar refractivity (Wildman–Crippen MR) is 144 cm³/mol. The van der Waals surface area contributed by atoms with E-state index in [9.17, 15) is 4.79 Å². The standard InChI is InChI=1S/C29H36N6O/c1-4-26-32-27-19(2)15-20(3)30-28(27)35(26)18-21-7-8-24-22(16-21)17-25(31-24)29(36)34-13-9-23(10-14-34)33-11-5-6-12-33/h7-8,15-17,23,31H,4-6,9-14,18H2,1-3H3. The SMILES string of the molecule is CCc1nc2c(C)cc(C)nc2n1Cc1ccc2[nH]c(C(=O)N3CCC(N4CCCC4)CC3)cc2c1. The number of imidazole rings is 1. The van der Waals surface area contributed by atoms with Crippen molar-refractivity contribution >= 4 is 28.0 Å². The Morgan fingerprint density at radius 2 is 1.81 bits per heavy atom. The van der Waals surface area contributed by atoms with Crippen LogP contribution >= 0.6 is 0 Å². The number of likely N-dealkylation sites (tertiary alicyclic amines) is 2. The maximum Gasteiger partial charge on any atom is 0.270 e. The van der Waals surface area contributed by atoms with Gasteiger partial charge in [0.15, 0.2) is 5.65 Å². The second kappa shape index (κ2) is 9.36. The molecule has 5 heterocycles. The Balaban J connectivity index is 1.21. The topological polar surface area (TPSA) is 70.0 Å². The van der Waals surface area contributed by atoms with Crippen molar-refractivity contribution in [3.63, 3.8) is 0 Å². The number of pyridine rings is 1. The molecule has 0 aliphatic carbocycles. The number of amides is 1. The van der Waals surface area contributed by atoms with E-state index in [1.54, 1.807) is 0 Å². The van der Waals surface area contributed by atoms with Crippen molar-refractivity contribution in [1.29, 1.82) is 0 Å². The van der Waals surface area contributed by atoms with E-state index in [0.717, 1.165) is 65.9 Å². The Morgan fingerprint density at radius 1 is 1.03 bits per heavy atom. The highest BCUT2D eigenvalue weighted by molar-refractivity contribution is 5.98. The zero-order valence-corrected chi connectivity index (χ0v) is 21.7. The average Bonchev–Trinajstić information content (AvgIpc) is 3.63. The van der Waals surface area contributed by atoms with E-state index in [2.05, 4.69) is 52.6 Å². The van der Waals surface area contributed by atoms with Crippen LogP contribution in [0.2, 0.25) is 0 Å². The summed E-state index contributed by atoms with van der Waals surface area (Å²) in [4.78, 5) is 31.0. The molecule has 2 aliphatic rings. The van der Waals surface area contributed by atoms with Crippen LogP contribution in [0.3, 0.4) is 0 Å². The minimum Gasteiger partial charge on any atom is -0.351 e. The number of aromatic nitrogens is 4. The molecule has 1 aromatic carbocycles. The van der Waals surface area contributed by atoms with Crippen LogP contribution in [0.5, 0.6) is 0 Å². The summed E-state index contributed by atoms with van der Waals surface area (Å²) in [5.41, 5.74) is 6.99. The minimum atomic E-state index is 0.122. The third-order valence-corrected chi connectivity index (χ3v) is 8.08. The first kappa shape index (κ1) is 23.2. The summed E-state index contributed by atoms with van der Waals surface area (Å²) in [6, 6.07) is 11.2. The number of nitrogens with one attached hydrogen (secondary N) is 1. The van der Waals surface area contributed by atoms with Crippen molar-refractivity contribution in [2.24, 2.45) is 0 Å². The van der Waals surface area contributed by atoms with Crippen LogP contribution in [-0.2, 0) is 13.0 Å². The van der Waals surface area contributed by atoms with Gasteiger partial charge in [0.25, 0.3) is 5.91 Å². The number of benzene rings is 1. The summed E-state index contributed by atoms with van der Waals surface area (Å²) in [6.07, 6.45) is 5.67. The monoisotopic (exact) mass is 484 g/mol.